The zero-order valence-corrected chi connectivity index (χ0v) is 14.0. The van der Waals surface area contributed by atoms with Gasteiger partial charge in [-0.2, -0.15) is 0 Å². The maximum atomic E-state index is 12.1. The molecule has 0 aliphatic carbocycles. The van der Waals surface area contributed by atoms with Crippen LogP contribution in [0.15, 0.2) is 78.9 Å². The van der Waals surface area contributed by atoms with E-state index in [0.717, 1.165) is 28.4 Å². The van der Waals surface area contributed by atoms with Gasteiger partial charge >= 0.3 is 0 Å². The van der Waals surface area contributed by atoms with Gasteiger partial charge < -0.3 is 15.4 Å². The van der Waals surface area contributed by atoms with Gasteiger partial charge in [0.1, 0.15) is 5.75 Å². The molecule has 0 aliphatic heterocycles. The molecule has 3 rings (SSSR count). The van der Waals surface area contributed by atoms with Crippen LogP contribution in [-0.4, -0.2) is 13.0 Å². The molecule has 0 unspecified atom stereocenters. The van der Waals surface area contributed by atoms with Crippen molar-refractivity contribution >= 4 is 23.0 Å². The molecule has 25 heavy (non-hydrogen) atoms. The van der Waals surface area contributed by atoms with Crippen LogP contribution in [0, 0.1) is 0 Å². The number of para-hydroxylation sites is 1. The van der Waals surface area contributed by atoms with Crippen molar-refractivity contribution in [3.63, 3.8) is 0 Å². The highest BCUT2D eigenvalue weighted by Crippen LogP contribution is 2.20. The Morgan fingerprint density at radius 2 is 1.40 bits per heavy atom. The second-order valence-electron chi connectivity index (χ2n) is 5.64. The molecule has 0 aliphatic rings. The van der Waals surface area contributed by atoms with Crippen LogP contribution in [0.1, 0.15) is 5.56 Å². The van der Waals surface area contributed by atoms with E-state index in [1.54, 1.807) is 7.11 Å². The molecule has 3 aromatic rings. The number of hydrogen-bond donors (Lipinski definition) is 2. The van der Waals surface area contributed by atoms with E-state index in [1.165, 1.54) is 0 Å². The standard InChI is InChI=1S/C21H20N2O2/c1-25-20-13-11-19(12-14-20)22-18-9-7-16(8-10-18)15-21(24)23-17-5-3-2-4-6-17/h2-14,22H,15H2,1H3,(H,23,24). The monoisotopic (exact) mass is 332 g/mol. The number of amides is 1. The molecule has 1 amide bonds. The lowest BCUT2D eigenvalue weighted by molar-refractivity contribution is -0.115. The molecular formula is C21H20N2O2. The number of ether oxygens (including phenoxy) is 1. The maximum Gasteiger partial charge on any atom is 0.228 e. The number of methoxy groups -OCH3 is 1. The molecule has 4 heteroatoms. The lowest BCUT2D eigenvalue weighted by Gasteiger charge is -2.09. The molecule has 126 valence electrons. The molecule has 0 spiro atoms. The Bertz CT molecular complexity index is 813. The molecule has 0 saturated carbocycles. The number of benzene rings is 3. The van der Waals surface area contributed by atoms with Crippen LogP contribution in [0.3, 0.4) is 0 Å². The summed E-state index contributed by atoms with van der Waals surface area (Å²) in [5.41, 5.74) is 3.73. The summed E-state index contributed by atoms with van der Waals surface area (Å²) in [5.74, 6) is 0.799. The SMILES string of the molecule is COc1ccc(Nc2ccc(CC(=O)Nc3ccccc3)cc2)cc1. The summed E-state index contributed by atoms with van der Waals surface area (Å²) in [7, 11) is 1.65. The average molecular weight is 332 g/mol. The molecule has 0 bridgehead atoms. The van der Waals surface area contributed by atoms with Crippen molar-refractivity contribution < 1.29 is 9.53 Å². The summed E-state index contributed by atoms with van der Waals surface area (Å²) in [6, 6.07) is 25.0. The smallest absolute Gasteiger partial charge is 0.228 e. The first-order valence-corrected chi connectivity index (χ1v) is 8.08. The molecule has 0 fully saturated rings. The van der Waals surface area contributed by atoms with E-state index >= 15 is 0 Å². The quantitative estimate of drug-likeness (QED) is 0.692. The second-order valence-corrected chi connectivity index (χ2v) is 5.64. The van der Waals surface area contributed by atoms with Gasteiger partial charge in [0.25, 0.3) is 0 Å². The number of carbonyl (C=O) groups excluding carboxylic acids is 1. The highest BCUT2D eigenvalue weighted by Gasteiger charge is 2.04. The number of rotatable bonds is 6. The summed E-state index contributed by atoms with van der Waals surface area (Å²) in [4.78, 5) is 12.1. The minimum atomic E-state index is -0.0259. The van der Waals surface area contributed by atoms with Crippen LogP contribution in [0.25, 0.3) is 0 Å². The maximum absolute atomic E-state index is 12.1. The van der Waals surface area contributed by atoms with Gasteiger partial charge in [0.2, 0.25) is 5.91 Å². The first-order chi connectivity index (χ1) is 12.2. The molecule has 0 atom stereocenters. The van der Waals surface area contributed by atoms with Crippen molar-refractivity contribution in [1.29, 1.82) is 0 Å². The minimum Gasteiger partial charge on any atom is -0.497 e. The molecular weight excluding hydrogens is 312 g/mol. The highest BCUT2D eigenvalue weighted by molar-refractivity contribution is 5.92. The van der Waals surface area contributed by atoms with Crippen LogP contribution in [0.4, 0.5) is 17.1 Å². The van der Waals surface area contributed by atoms with Crippen molar-refractivity contribution in [2.45, 2.75) is 6.42 Å². The van der Waals surface area contributed by atoms with E-state index in [9.17, 15) is 4.79 Å². The fourth-order valence-corrected chi connectivity index (χ4v) is 2.46. The minimum absolute atomic E-state index is 0.0259. The summed E-state index contributed by atoms with van der Waals surface area (Å²) in [6.07, 6.45) is 0.345. The van der Waals surface area contributed by atoms with Gasteiger partial charge in [-0.05, 0) is 54.1 Å². The lowest BCUT2D eigenvalue weighted by atomic mass is 10.1. The van der Waals surface area contributed by atoms with Gasteiger partial charge in [0, 0.05) is 17.1 Å². The Morgan fingerprint density at radius 3 is 2.00 bits per heavy atom. The van der Waals surface area contributed by atoms with Crippen LogP contribution in [0.5, 0.6) is 5.75 Å². The molecule has 0 radical (unpaired) electrons. The van der Waals surface area contributed by atoms with Crippen LogP contribution >= 0.6 is 0 Å². The van der Waals surface area contributed by atoms with Crippen molar-refractivity contribution in [3.05, 3.63) is 84.4 Å². The van der Waals surface area contributed by atoms with Gasteiger partial charge in [-0.1, -0.05) is 30.3 Å². The molecule has 0 saturated heterocycles. The fraction of sp³-hybridized carbons (Fsp3) is 0.0952. The predicted molar refractivity (Wildman–Crippen MR) is 101 cm³/mol. The first kappa shape index (κ1) is 16.6. The largest absolute Gasteiger partial charge is 0.497 e. The van der Waals surface area contributed by atoms with Gasteiger partial charge in [-0.15, -0.1) is 0 Å². The first-order valence-electron chi connectivity index (χ1n) is 8.08. The molecule has 0 heterocycles. The Balaban J connectivity index is 1.57. The number of anilines is 3. The fourth-order valence-electron chi connectivity index (χ4n) is 2.46. The second kappa shape index (κ2) is 8.02. The van der Waals surface area contributed by atoms with E-state index in [4.69, 9.17) is 4.74 Å². The molecule has 3 aromatic carbocycles. The zero-order chi connectivity index (χ0) is 17.5. The van der Waals surface area contributed by atoms with Crippen LogP contribution in [-0.2, 0) is 11.2 Å². The van der Waals surface area contributed by atoms with Crippen LogP contribution in [0.2, 0.25) is 0 Å². The predicted octanol–water partition coefficient (Wildman–Crippen LogP) is 4.62. The van der Waals surface area contributed by atoms with Crippen molar-refractivity contribution in [2.75, 3.05) is 17.7 Å². The van der Waals surface area contributed by atoms with Crippen molar-refractivity contribution in [3.8, 4) is 5.75 Å². The lowest BCUT2D eigenvalue weighted by Crippen LogP contribution is -2.14. The third-order valence-electron chi connectivity index (χ3n) is 3.75. The Morgan fingerprint density at radius 1 is 0.800 bits per heavy atom. The van der Waals surface area contributed by atoms with E-state index in [-0.39, 0.29) is 5.91 Å². The summed E-state index contributed by atoms with van der Waals surface area (Å²) in [5, 5.41) is 6.21. The van der Waals surface area contributed by atoms with Crippen LogP contribution < -0.4 is 15.4 Å². The highest BCUT2D eigenvalue weighted by atomic mass is 16.5. The van der Waals surface area contributed by atoms with Gasteiger partial charge in [-0.25, -0.2) is 0 Å². The van der Waals surface area contributed by atoms with Crippen molar-refractivity contribution in [2.24, 2.45) is 0 Å². The Hall–Kier alpha value is -3.27. The summed E-state index contributed by atoms with van der Waals surface area (Å²) in [6.45, 7) is 0. The zero-order valence-electron chi connectivity index (χ0n) is 14.0. The number of nitrogens with one attached hydrogen (secondary N) is 2. The summed E-state index contributed by atoms with van der Waals surface area (Å²) < 4.78 is 5.15. The van der Waals surface area contributed by atoms with Gasteiger partial charge in [-0.3, -0.25) is 4.79 Å². The van der Waals surface area contributed by atoms with Gasteiger partial charge in [0.05, 0.1) is 13.5 Å². The normalized spacial score (nSPS) is 10.1. The topological polar surface area (TPSA) is 50.4 Å². The van der Waals surface area contributed by atoms with Gasteiger partial charge in [0.15, 0.2) is 0 Å². The number of hydrogen-bond acceptors (Lipinski definition) is 3. The summed E-state index contributed by atoms with van der Waals surface area (Å²) >= 11 is 0. The molecule has 4 nitrogen and oxygen atoms in total. The molecule has 0 aromatic heterocycles. The number of carbonyl (C=O) groups is 1. The average Bonchev–Trinajstić information content (AvgIpc) is 2.65. The van der Waals surface area contributed by atoms with E-state index in [2.05, 4.69) is 10.6 Å². The van der Waals surface area contributed by atoms with Crippen molar-refractivity contribution in [1.82, 2.24) is 0 Å². The molecule has 2 N–H and O–H groups in total. The van der Waals surface area contributed by atoms with E-state index in [1.807, 2.05) is 78.9 Å². The third-order valence-corrected chi connectivity index (χ3v) is 3.75. The van der Waals surface area contributed by atoms with E-state index < -0.39 is 0 Å². The Kier molecular flexibility index (Phi) is 5.32. The van der Waals surface area contributed by atoms with E-state index in [0.29, 0.717) is 6.42 Å². The Labute approximate surface area is 147 Å². The third kappa shape index (κ3) is 4.85.